The Morgan fingerprint density at radius 2 is 1.63 bits per heavy atom. The summed E-state index contributed by atoms with van der Waals surface area (Å²) in [4.78, 5) is 18.6. The van der Waals surface area contributed by atoms with E-state index in [1.54, 1.807) is 40.8 Å². The molecule has 3 saturated heterocycles. The predicted molar refractivity (Wildman–Crippen MR) is 258 cm³/mol. The second-order valence-electron chi connectivity index (χ2n) is 21.4. The van der Waals surface area contributed by atoms with Crippen LogP contribution in [0.5, 0.6) is 5.75 Å². The van der Waals surface area contributed by atoms with Gasteiger partial charge in [0.15, 0.2) is 18.8 Å². The van der Waals surface area contributed by atoms with Crippen LogP contribution in [0.2, 0.25) is 0 Å². The number of rotatable bonds is 16. The lowest BCUT2D eigenvalue weighted by molar-refractivity contribution is -0.308. The first-order valence-electron chi connectivity index (χ1n) is 25.2. The van der Waals surface area contributed by atoms with E-state index in [4.69, 9.17) is 43.6 Å². The maximum Gasteiger partial charge on any atom is 0.311 e. The molecule has 21 heteroatoms. The molecule has 4 heterocycles. The standard InChI is InChI=1S/C50H85FN6O14/c1-14-40-50(10,62)44(58)33(6)55(12)25-29(2)23-48(8,61)46(31(4)43(32(5)47(60)69-40)70-42-24-49(9,65-13)45(59)34(7)68-42)71-41-22-38(21-30(3)67-41)54(11)20-19-36-27-56(53-52-36)26-35(51)28-66-39-17-15-37(16-18-39)57(63)64/h15-18,27,29-35,38,40-46,58-59,61-64H,14,19-26,28H2,1-13H3/t29-,30-,31+,32-,33-,34+,35+,38+,40-,41+,42+,43+,44-,45+,46-,48-,49-,50-/m1/s1. The fourth-order valence-electron chi connectivity index (χ4n) is 10.8. The van der Waals surface area contributed by atoms with Crippen molar-refractivity contribution in [1.82, 2.24) is 24.8 Å². The van der Waals surface area contributed by atoms with Crippen molar-refractivity contribution in [3.05, 3.63) is 36.2 Å². The number of aliphatic hydroxyl groups excluding tert-OH is 2. The molecule has 20 nitrogen and oxygen atoms in total. The molecule has 3 aliphatic rings. The Morgan fingerprint density at radius 1 is 0.958 bits per heavy atom. The van der Waals surface area contributed by atoms with Crippen molar-refractivity contribution in [2.45, 2.75) is 205 Å². The molecule has 406 valence electrons. The molecule has 18 atom stereocenters. The predicted octanol–water partition coefficient (Wildman–Crippen LogP) is 4.14. The van der Waals surface area contributed by atoms with Crippen molar-refractivity contribution >= 4 is 11.7 Å². The van der Waals surface area contributed by atoms with Crippen LogP contribution >= 0.6 is 0 Å². The number of benzene rings is 1. The summed E-state index contributed by atoms with van der Waals surface area (Å²) in [6.45, 7) is 18.5. The number of carbonyl (C=O) groups is 1. The third-order valence-corrected chi connectivity index (χ3v) is 15.2. The van der Waals surface area contributed by atoms with Gasteiger partial charge in [0.1, 0.15) is 36.3 Å². The van der Waals surface area contributed by atoms with E-state index in [1.807, 2.05) is 46.7 Å². The van der Waals surface area contributed by atoms with Crippen LogP contribution in [0, 0.1) is 17.8 Å². The minimum Gasteiger partial charge on any atom is -0.490 e. The number of hydrogen-bond acceptors (Lipinski definition) is 19. The first-order valence-corrected chi connectivity index (χ1v) is 25.2. The van der Waals surface area contributed by atoms with E-state index < -0.39 is 96.0 Å². The Labute approximate surface area is 419 Å². The molecule has 5 rings (SSSR count). The molecule has 2 aromatic rings. The number of anilines is 1. The van der Waals surface area contributed by atoms with Gasteiger partial charge >= 0.3 is 5.97 Å². The smallest absolute Gasteiger partial charge is 0.311 e. The zero-order valence-electron chi connectivity index (χ0n) is 44.1. The molecule has 0 unspecified atom stereocenters. The largest absolute Gasteiger partial charge is 0.490 e. The summed E-state index contributed by atoms with van der Waals surface area (Å²) < 4.78 is 60.4. The van der Waals surface area contributed by atoms with Gasteiger partial charge in [0, 0.05) is 63.7 Å². The SMILES string of the molecule is CC[C@H]1OC(=O)[C@H](C)[C@@H](O[C@H]2C[C@@](C)(OC)[C@@H](O)[C@H](C)O2)[C@H](C)[C@@H](O[C@H]2C[C@@H](N(C)CCc3cn(C[C@H](F)COc4ccc(N(O)O)cc4)nn3)C[C@@H](C)O2)[C@](C)(O)C[C@@H](C)CN(C)[C@H](C)[C@@H](O)[C@]1(C)O. The summed E-state index contributed by atoms with van der Waals surface area (Å²) in [6, 6.07) is 5.27. The van der Waals surface area contributed by atoms with Gasteiger partial charge in [-0.25, -0.2) is 9.07 Å². The van der Waals surface area contributed by atoms with Crippen molar-refractivity contribution < 1.29 is 73.2 Å². The Morgan fingerprint density at radius 3 is 2.27 bits per heavy atom. The third kappa shape index (κ3) is 15.0. The highest BCUT2D eigenvalue weighted by molar-refractivity contribution is 5.73. The second kappa shape index (κ2) is 24.9. The van der Waals surface area contributed by atoms with Crippen LogP contribution in [0.3, 0.4) is 0 Å². The van der Waals surface area contributed by atoms with E-state index >= 15 is 0 Å². The Kier molecular flexibility index (Phi) is 20.6. The van der Waals surface area contributed by atoms with Gasteiger partial charge in [0.05, 0.1) is 59.5 Å². The molecular formula is C50H85FN6O14. The van der Waals surface area contributed by atoms with Gasteiger partial charge in [0.25, 0.3) is 0 Å². The van der Waals surface area contributed by atoms with E-state index in [9.17, 15) is 29.6 Å². The molecule has 1 aromatic carbocycles. The first kappa shape index (κ1) is 58.7. The van der Waals surface area contributed by atoms with E-state index in [-0.39, 0.29) is 61.4 Å². The van der Waals surface area contributed by atoms with E-state index in [2.05, 4.69) is 15.2 Å². The van der Waals surface area contributed by atoms with E-state index in [0.717, 1.165) is 0 Å². The van der Waals surface area contributed by atoms with Gasteiger partial charge in [0.2, 0.25) is 0 Å². The Hall–Kier alpha value is -3.16. The van der Waals surface area contributed by atoms with Crippen LogP contribution in [0.25, 0.3) is 0 Å². The maximum absolute atomic E-state index is 15.0. The maximum atomic E-state index is 15.0. The number of likely N-dealkylation sites (N-methyl/N-ethyl adjacent to an activating group) is 2. The molecule has 0 saturated carbocycles. The van der Waals surface area contributed by atoms with Crippen LogP contribution in [0.15, 0.2) is 30.5 Å². The summed E-state index contributed by atoms with van der Waals surface area (Å²) in [5.41, 5.74) is -3.60. The number of halogens is 1. The highest BCUT2D eigenvalue weighted by Crippen LogP contribution is 2.40. The average Bonchev–Trinajstić information content (AvgIpc) is 3.76. The number of alkyl halides is 1. The molecule has 0 aliphatic carbocycles. The van der Waals surface area contributed by atoms with Gasteiger partial charge in [-0.2, -0.15) is 0 Å². The number of aliphatic hydroxyl groups is 4. The fraction of sp³-hybridized carbons (Fsp3) is 0.820. The Bertz CT molecular complexity index is 1950. The number of nitrogens with zero attached hydrogens (tertiary/aromatic N) is 6. The highest BCUT2D eigenvalue weighted by Gasteiger charge is 2.52. The van der Waals surface area contributed by atoms with Crippen molar-refractivity contribution in [3.63, 3.8) is 0 Å². The zero-order chi connectivity index (χ0) is 52.7. The van der Waals surface area contributed by atoms with Crippen molar-refractivity contribution in [2.24, 2.45) is 17.8 Å². The highest BCUT2D eigenvalue weighted by atomic mass is 19.1. The van der Waals surface area contributed by atoms with Crippen molar-refractivity contribution in [3.8, 4) is 5.75 Å². The van der Waals surface area contributed by atoms with E-state index in [0.29, 0.717) is 43.8 Å². The van der Waals surface area contributed by atoms with Gasteiger partial charge < -0.3 is 63.4 Å². The third-order valence-electron chi connectivity index (χ3n) is 15.2. The molecule has 0 bridgehead atoms. The normalized spacial score (nSPS) is 38.8. The minimum atomic E-state index is -1.82. The van der Waals surface area contributed by atoms with Crippen molar-refractivity contribution in [1.29, 1.82) is 0 Å². The molecule has 71 heavy (non-hydrogen) atoms. The van der Waals surface area contributed by atoms with Gasteiger partial charge in [-0.05, 0) is 112 Å². The summed E-state index contributed by atoms with van der Waals surface area (Å²) >= 11 is 0. The molecule has 0 spiro atoms. The molecule has 3 fully saturated rings. The minimum absolute atomic E-state index is 0.0175. The van der Waals surface area contributed by atoms with Crippen LogP contribution in [0.4, 0.5) is 10.1 Å². The summed E-state index contributed by atoms with van der Waals surface area (Å²) in [7, 11) is 5.37. The monoisotopic (exact) mass is 1010 g/mol. The number of cyclic esters (lactones) is 1. The van der Waals surface area contributed by atoms with Crippen LogP contribution in [0.1, 0.15) is 107 Å². The molecule has 1 aromatic heterocycles. The number of ether oxygens (including phenoxy) is 7. The average molecular weight is 1010 g/mol. The molecule has 0 radical (unpaired) electrons. The van der Waals surface area contributed by atoms with Gasteiger partial charge in [-0.1, -0.05) is 26.0 Å². The molecular weight excluding hydrogens is 928 g/mol. The number of methoxy groups -OCH3 is 1. The molecule has 6 N–H and O–H groups in total. The number of hydrogen-bond donors (Lipinski definition) is 6. The number of esters is 1. The van der Waals surface area contributed by atoms with Crippen LogP contribution < -0.4 is 9.96 Å². The number of aromatic nitrogens is 3. The lowest BCUT2D eigenvalue weighted by Gasteiger charge is -2.48. The topological polar surface area (TPSA) is 243 Å². The van der Waals surface area contributed by atoms with Gasteiger partial charge in [-0.3, -0.25) is 15.2 Å². The van der Waals surface area contributed by atoms with Crippen LogP contribution in [-0.4, -0.2) is 193 Å². The number of carbonyl (C=O) groups excluding carboxylic acids is 1. The second-order valence-corrected chi connectivity index (χ2v) is 21.4. The first-order chi connectivity index (χ1) is 33.2. The molecule has 0 amide bonds. The summed E-state index contributed by atoms with van der Waals surface area (Å²) in [6.07, 6.45) is -5.48. The van der Waals surface area contributed by atoms with Crippen LogP contribution in [-0.2, 0) is 46.2 Å². The quantitative estimate of drug-likeness (QED) is 0.102. The lowest BCUT2D eigenvalue weighted by Crippen LogP contribution is -2.59. The molecule has 3 aliphatic heterocycles. The Balaban J connectivity index is 1.36. The fourth-order valence-corrected chi connectivity index (χ4v) is 10.8. The zero-order valence-corrected chi connectivity index (χ0v) is 44.1. The summed E-state index contributed by atoms with van der Waals surface area (Å²) in [5, 5.41) is 74.0. The lowest BCUT2D eigenvalue weighted by atomic mass is 9.77. The van der Waals surface area contributed by atoms with Crippen molar-refractivity contribution in [2.75, 3.05) is 46.1 Å². The van der Waals surface area contributed by atoms with Gasteiger partial charge in [-0.15, -0.1) is 10.3 Å². The van der Waals surface area contributed by atoms with E-state index in [1.165, 1.54) is 43.0 Å². The summed E-state index contributed by atoms with van der Waals surface area (Å²) in [5.74, 6) is -2.22.